The normalized spacial score (nSPS) is 24.2. The minimum absolute atomic E-state index is 0.100. The van der Waals surface area contributed by atoms with Gasteiger partial charge < -0.3 is 15.2 Å². The van der Waals surface area contributed by atoms with Gasteiger partial charge in [-0.05, 0) is 57.3 Å². The molecule has 0 aromatic carbocycles. The number of rotatable bonds is 10. The lowest BCUT2D eigenvalue weighted by atomic mass is 9.75. The highest BCUT2D eigenvalue weighted by Gasteiger charge is 2.43. The second-order valence-electron chi connectivity index (χ2n) is 9.20. The van der Waals surface area contributed by atoms with Crippen molar-refractivity contribution in [2.45, 2.75) is 73.8 Å². The van der Waals surface area contributed by atoms with Crippen LogP contribution in [0, 0.1) is 35.5 Å². The Morgan fingerprint density at radius 1 is 1.06 bits per heavy atom. The predicted octanol–water partition coefficient (Wildman–Crippen LogP) is 3.06. The fourth-order valence-electron chi connectivity index (χ4n) is 4.63. The minimum atomic E-state index is -1.17. The average molecular weight is 454 g/mol. The third-order valence-corrected chi connectivity index (χ3v) is 6.24. The molecule has 1 aliphatic carbocycles. The Hall–Kier alpha value is -2.45. The van der Waals surface area contributed by atoms with Gasteiger partial charge in [-0.15, -0.1) is 5.10 Å². The molecule has 0 aliphatic heterocycles. The third kappa shape index (κ3) is 7.60. The Bertz CT molecular complexity index is 721. The molecule has 9 nitrogen and oxygen atoms in total. The number of nitrogens with zero attached hydrogens (tertiary/aromatic N) is 1. The van der Waals surface area contributed by atoms with Crippen molar-refractivity contribution >= 4 is 29.5 Å². The lowest BCUT2D eigenvalue weighted by molar-refractivity contribution is -0.165. The molecule has 0 aromatic rings. The monoisotopic (exact) mass is 453 g/mol. The maximum Gasteiger partial charge on any atom is 0.332 e. The Morgan fingerprint density at radius 3 is 2.12 bits per heavy atom. The van der Waals surface area contributed by atoms with Crippen molar-refractivity contribution in [3.05, 3.63) is 0 Å². The van der Waals surface area contributed by atoms with Gasteiger partial charge in [0.25, 0.3) is 0 Å². The lowest BCUT2D eigenvalue weighted by Crippen LogP contribution is -2.44. The summed E-state index contributed by atoms with van der Waals surface area (Å²) >= 11 is 0. The number of nitrogens with two attached hydrogens (primary N) is 1. The number of hydrazone groups is 1. The number of carbonyl (C=O) groups is 4. The van der Waals surface area contributed by atoms with Crippen molar-refractivity contribution in [2.75, 3.05) is 6.61 Å². The van der Waals surface area contributed by atoms with Gasteiger partial charge in [0.15, 0.2) is 0 Å². The molecule has 2 amide bonds. The zero-order valence-corrected chi connectivity index (χ0v) is 20.3. The second-order valence-corrected chi connectivity index (χ2v) is 9.20. The standard InChI is InChI=1S/C23H39N3O6/c1-8-31-21(25-26-23(24)30)19(15(6)27)14(5)20(16(7)28)22(29)32-18-11-13(4)9-10-17(18)12(2)3/h12-14,17-20H,8-11H2,1-7H3,(H3,24,26,30)/b25-21+/t13-,14-,17+,18+,19-,20+/m0/s1. The third-order valence-electron chi connectivity index (χ3n) is 6.24. The molecule has 0 spiro atoms. The lowest BCUT2D eigenvalue weighted by Gasteiger charge is -2.38. The maximum absolute atomic E-state index is 13.2. The zero-order chi connectivity index (χ0) is 24.6. The maximum atomic E-state index is 13.2. The highest BCUT2D eigenvalue weighted by molar-refractivity contribution is 6.04. The number of primary amides is 1. The summed E-state index contributed by atoms with van der Waals surface area (Å²) < 4.78 is 11.4. The Kier molecular flexibility index (Phi) is 10.8. The first-order valence-corrected chi connectivity index (χ1v) is 11.4. The van der Waals surface area contributed by atoms with Crippen LogP contribution in [0.2, 0.25) is 0 Å². The molecule has 1 aliphatic rings. The number of carbonyl (C=O) groups excluding carboxylic acids is 4. The van der Waals surface area contributed by atoms with Crippen molar-refractivity contribution in [1.82, 2.24) is 5.43 Å². The number of nitrogens with one attached hydrogen (secondary N) is 1. The van der Waals surface area contributed by atoms with Gasteiger partial charge in [0, 0.05) is 0 Å². The topological polar surface area (TPSA) is 137 Å². The number of esters is 1. The largest absolute Gasteiger partial charge is 0.479 e. The summed E-state index contributed by atoms with van der Waals surface area (Å²) in [4.78, 5) is 49.3. The number of urea groups is 1. The first kappa shape index (κ1) is 27.6. The van der Waals surface area contributed by atoms with E-state index in [9.17, 15) is 19.2 Å². The molecular formula is C23H39N3O6. The van der Waals surface area contributed by atoms with Crippen LogP contribution in [0.5, 0.6) is 0 Å². The molecular weight excluding hydrogens is 414 g/mol. The van der Waals surface area contributed by atoms with Crippen molar-refractivity contribution in [3.8, 4) is 0 Å². The van der Waals surface area contributed by atoms with E-state index in [1.807, 2.05) is 0 Å². The second kappa shape index (κ2) is 12.6. The summed E-state index contributed by atoms with van der Waals surface area (Å²) in [7, 11) is 0. The molecule has 1 fully saturated rings. The van der Waals surface area contributed by atoms with Crippen LogP contribution in [0.15, 0.2) is 5.10 Å². The van der Waals surface area contributed by atoms with E-state index in [0.717, 1.165) is 19.3 Å². The summed E-state index contributed by atoms with van der Waals surface area (Å²) in [5, 5.41) is 3.80. The van der Waals surface area contributed by atoms with Crippen molar-refractivity contribution in [1.29, 1.82) is 0 Å². The number of hydrogen-bond donors (Lipinski definition) is 2. The summed E-state index contributed by atoms with van der Waals surface area (Å²) in [5.74, 6) is -3.51. The van der Waals surface area contributed by atoms with Crippen LogP contribution in [0.25, 0.3) is 0 Å². The quantitative estimate of drug-likeness (QED) is 0.171. The fourth-order valence-corrected chi connectivity index (χ4v) is 4.63. The van der Waals surface area contributed by atoms with Gasteiger partial charge in [-0.1, -0.05) is 34.1 Å². The highest BCUT2D eigenvalue weighted by Crippen LogP contribution is 2.36. The van der Waals surface area contributed by atoms with Gasteiger partial charge in [-0.2, -0.15) is 0 Å². The highest BCUT2D eigenvalue weighted by atomic mass is 16.5. The number of ketones is 2. The Labute approximate surface area is 190 Å². The van der Waals surface area contributed by atoms with Crippen LogP contribution in [-0.4, -0.2) is 42.2 Å². The molecule has 0 unspecified atom stereocenters. The van der Waals surface area contributed by atoms with Gasteiger partial charge in [0.05, 0.1) is 12.5 Å². The van der Waals surface area contributed by atoms with Crippen LogP contribution >= 0.6 is 0 Å². The molecule has 1 rings (SSSR count). The van der Waals surface area contributed by atoms with Crippen molar-refractivity contribution < 1.29 is 28.7 Å². The van der Waals surface area contributed by atoms with E-state index in [2.05, 4.69) is 31.3 Å². The summed E-state index contributed by atoms with van der Waals surface area (Å²) in [6, 6.07) is -0.925. The first-order valence-electron chi connectivity index (χ1n) is 11.4. The number of Topliss-reactive ketones (excluding diaryl/α,β-unsaturated/α-hetero) is 2. The average Bonchev–Trinajstić information content (AvgIpc) is 2.65. The summed E-state index contributed by atoms with van der Waals surface area (Å²) in [6.07, 6.45) is 2.52. The molecule has 0 saturated heterocycles. The van der Waals surface area contributed by atoms with E-state index in [1.54, 1.807) is 13.8 Å². The fraction of sp³-hybridized carbons (Fsp3) is 0.783. The Balaban J connectivity index is 3.21. The molecule has 6 atom stereocenters. The van der Waals surface area contributed by atoms with Crippen LogP contribution in [0.3, 0.4) is 0 Å². The Morgan fingerprint density at radius 2 is 1.66 bits per heavy atom. The van der Waals surface area contributed by atoms with Crippen molar-refractivity contribution in [3.63, 3.8) is 0 Å². The number of amides is 2. The van der Waals surface area contributed by atoms with Crippen LogP contribution < -0.4 is 11.2 Å². The number of hydrogen-bond acceptors (Lipinski definition) is 7. The van der Waals surface area contributed by atoms with Crippen molar-refractivity contribution in [2.24, 2.45) is 46.3 Å². The molecule has 1 saturated carbocycles. The zero-order valence-electron chi connectivity index (χ0n) is 20.3. The van der Waals surface area contributed by atoms with E-state index in [-0.39, 0.29) is 30.3 Å². The molecule has 3 N–H and O–H groups in total. The molecule has 0 heterocycles. The van der Waals surface area contributed by atoms with Gasteiger partial charge in [0.1, 0.15) is 23.6 Å². The van der Waals surface area contributed by atoms with E-state index >= 15 is 0 Å². The smallest absolute Gasteiger partial charge is 0.332 e. The molecule has 0 bridgehead atoms. The molecule has 32 heavy (non-hydrogen) atoms. The molecule has 0 aromatic heterocycles. The molecule has 0 radical (unpaired) electrons. The first-order chi connectivity index (χ1) is 14.9. The van der Waals surface area contributed by atoms with Gasteiger partial charge in [-0.3, -0.25) is 14.4 Å². The van der Waals surface area contributed by atoms with Gasteiger partial charge in [-0.25, -0.2) is 10.2 Å². The van der Waals surface area contributed by atoms with E-state index < -0.39 is 35.5 Å². The minimum Gasteiger partial charge on any atom is -0.479 e. The van der Waals surface area contributed by atoms with Gasteiger partial charge in [0.2, 0.25) is 5.90 Å². The summed E-state index contributed by atoms with van der Waals surface area (Å²) in [5.41, 5.74) is 7.13. The van der Waals surface area contributed by atoms with E-state index in [0.29, 0.717) is 11.8 Å². The van der Waals surface area contributed by atoms with E-state index in [4.69, 9.17) is 15.2 Å². The molecule has 9 heteroatoms. The van der Waals surface area contributed by atoms with Crippen LogP contribution in [0.1, 0.15) is 67.7 Å². The number of ether oxygens (including phenoxy) is 2. The SMILES string of the molecule is CCO/C(=N/NC(N)=O)[C@H](C(C)=O)[C@H](C)[C@H](C(C)=O)C(=O)O[C@@H]1C[C@@H](C)CC[C@@H]1C(C)C. The summed E-state index contributed by atoms with van der Waals surface area (Å²) in [6.45, 7) is 12.4. The van der Waals surface area contributed by atoms with Gasteiger partial charge >= 0.3 is 12.0 Å². The van der Waals surface area contributed by atoms with Crippen LogP contribution in [-0.2, 0) is 23.9 Å². The van der Waals surface area contributed by atoms with Crippen LogP contribution in [0.4, 0.5) is 4.79 Å². The van der Waals surface area contributed by atoms with E-state index in [1.165, 1.54) is 13.8 Å². The molecule has 182 valence electrons. The predicted molar refractivity (Wildman–Crippen MR) is 121 cm³/mol.